The van der Waals surface area contributed by atoms with Crippen molar-refractivity contribution in [3.63, 3.8) is 0 Å². The van der Waals surface area contributed by atoms with Crippen LogP contribution >= 0.6 is 7.60 Å². The van der Waals surface area contributed by atoms with Gasteiger partial charge in [0.1, 0.15) is 0 Å². The van der Waals surface area contributed by atoms with Crippen molar-refractivity contribution in [3.8, 4) is 0 Å². The standard InChI is InChI=1S/C13H20NO7PS/c1-10(2)20-22(17,21-11(3)4)9-23(18,19)13-7-5-12(6-8-13)14(15)16/h5-8,10-11H,9H2,1-4H3. The number of non-ortho nitro benzene ring substituents is 1. The molecule has 130 valence electrons. The Labute approximate surface area is 135 Å². The van der Waals surface area contributed by atoms with Gasteiger partial charge in [-0.1, -0.05) is 0 Å². The molecule has 0 unspecified atom stereocenters. The minimum absolute atomic E-state index is 0.178. The normalized spacial score (nSPS) is 12.8. The molecule has 10 heteroatoms. The number of nitro groups is 1. The van der Waals surface area contributed by atoms with E-state index in [4.69, 9.17) is 9.05 Å². The van der Waals surface area contributed by atoms with Crippen LogP contribution in [0.3, 0.4) is 0 Å². The van der Waals surface area contributed by atoms with Crippen LogP contribution < -0.4 is 0 Å². The van der Waals surface area contributed by atoms with Crippen LogP contribution in [0.4, 0.5) is 5.69 Å². The largest absolute Gasteiger partial charge is 0.346 e. The number of hydrogen-bond acceptors (Lipinski definition) is 7. The molecule has 0 amide bonds. The first-order valence-electron chi connectivity index (χ1n) is 6.88. The van der Waals surface area contributed by atoms with E-state index in [-0.39, 0.29) is 10.6 Å². The van der Waals surface area contributed by atoms with E-state index in [0.29, 0.717) is 0 Å². The molecule has 0 aliphatic carbocycles. The van der Waals surface area contributed by atoms with Crippen LogP contribution in [0.1, 0.15) is 27.7 Å². The lowest BCUT2D eigenvalue weighted by atomic mass is 10.3. The topological polar surface area (TPSA) is 113 Å². The van der Waals surface area contributed by atoms with Crippen LogP contribution in [-0.4, -0.2) is 31.0 Å². The van der Waals surface area contributed by atoms with Crippen molar-refractivity contribution in [1.29, 1.82) is 0 Å². The van der Waals surface area contributed by atoms with Crippen molar-refractivity contribution in [3.05, 3.63) is 34.4 Å². The second-order valence-corrected chi connectivity index (χ2v) is 9.79. The van der Waals surface area contributed by atoms with Gasteiger partial charge >= 0.3 is 7.60 Å². The van der Waals surface area contributed by atoms with Crippen LogP contribution in [0, 0.1) is 10.1 Å². The first-order chi connectivity index (χ1) is 10.4. The first kappa shape index (κ1) is 19.8. The second-order valence-electron chi connectivity index (χ2n) is 5.41. The number of rotatable bonds is 8. The maximum atomic E-state index is 12.7. The number of hydrogen-bond donors (Lipinski definition) is 0. The molecule has 0 saturated heterocycles. The van der Waals surface area contributed by atoms with Gasteiger partial charge in [0, 0.05) is 12.1 Å². The van der Waals surface area contributed by atoms with Crippen LogP contribution in [0.5, 0.6) is 0 Å². The van der Waals surface area contributed by atoms with E-state index in [1.54, 1.807) is 27.7 Å². The molecule has 0 aliphatic heterocycles. The van der Waals surface area contributed by atoms with E-state index < -0.39 is 40.1 Å². The first-order valence-corrected chi connectivity index (χ1v) is 10.3. The lowest BCUT2D eigenvalue weighted by Crippen LogP contribution is -2.15. The van der Waals surface area contributed by atoms with Gasteiger partial charge in [0.15, 0.2) is 15.3 Å². The highest BCUT2D eigenvalue weighted by Gasteiger charge is 2.35. The summed E-state index contributed by atoms with van der Waals surface area (Å²) in [6.45, 7) is 6.48. The van der Waals surface area contributed by atoms with E-state index >= 15 is 0 Å². The van der Waals surface area contributed by atoms with Crippen molar-refractivity contribution in [1.82, 2.24) is 0 Å². The van der Waals surface area contributed by atoms with Gasteiger partial charge in [-0.15, -0.1) is 0 Å². The van der Waals surface area contributed by atoms with Crippen LogP contribution in [0.2, 0.25) is 0 Å². The monoisotopic (exact) mass is 365 g/mol. The molecule has 8 nitrogen and oxygen atoms in total. The number of nitrogens with zero attached hydrogens (tertiary/aromatic N) is 1. The summed E-state index contributed by atoms with van der Waals surface area (Å²) >= 11 is 0. The SMILES string of the molecule is CC(C)OP(=O)(CS(=O)(=O)c1ccc([N+](=O)[O-])cc1)OC(C)C. The predicted molar refractivity (Wildman–Crippen MR) is 85.2 cm³/mol. The molecule has 1 aromatic carbocycles. The van der Waals surface area contributed by atoms with E-state index in [1.807, 2.05) is 0 Å². The minimum Gasteiger partial charge on any atom is -0.305 e. The lowest BCUT2D eigenvalue weighted by Gasteiger charge is -2.22. The Morgan fingerprint density at radius 1 is 1.09 bits per heavy atom. The minimum atomic E-state index is -3.99. The van der Waals surface area contributed by atoms with E-state index in [1.165, 1.54) is 0 Å². The zero-order chi connectivity index (χ0) is 17.8. The Kier molecular flexibility index (Phi) is 6.47. The maximum absolute atomic E-state index is 12.7. The summed E-state index contributed by atoms with van der Waals surface area (Å²) < 4.78 is 47.9. The van der Waals surface area contributed by atoms with Gasteiger partial charge in [-0.05, 0) is 39.8 Å². The molecule has 0 aliphatic rings. The molecule has 1 rings (SSSR count). The summed E-state index contributed by atoms with van der Waals surface area (Å²) in [5, 5.41) is 10.6. The molecule has 0 fully saturated rings. The summed E-state index contributed by atoms with van der Waals surface area (Å²) in [6, 6.07) is 4.35. The van der Waals surface area contributed by atoms with Crippen molar-refractivity contribution in [2.75, 3.05) is 5.49 Å². The van der Waals surface area contributed by atoms with Crippen molar-refractivity contribution in [2.45, 2.75) is 44.8 Å². The summed E-state index contributed by atoms with van der Waals surface area (Å²) in [7, 11) is -7.86. The zero-order valence-corrected chi connectivity index (χ0v) is 15.0. The smallest absolute Gasteiger partial charge is 0.305 e. The van der Waals surface area contributed by atoms with E-state index in [2.05, 4.69) is 0 Å². The van der Waals surface area contributed by atoms with Crippen LogP contribution in [-0.2, 0) is 23.4 Å². The van der Waals surface area contributed by atoms with E-state index in [9.17, 15) is 23.1 Å². The van der Waals surface area contributed by atoms with Gasteiger partial charge in [0.2, 0.25) is 0 Å². The number of sulfone groups is 1. The number of nitro benzene ring substituents is 1. The van der Waals surface area contributed by atoms with Gasteiger partial charge in [-0.25, -0.2) is 8.42 Å². The van der Waals surface area contributed by atoms with Crippen molar-refractivity contribution >= 4 is 23.1 Å². The van der Waals surface area contributed by atoms with Gasteiger partial charge < -0.3 is 9.05 Å². The summed E-state index contributed by atoms with van der Waals surface area (Å²) in [4.78, 5) is 9.79. The number of benzene rings is 1. The van der Waals surface area contributed by atoms with Gasteiger partial charge in [0.25, 0.3) is 5.69 Å². The molecule has 0 saturated carbocycles. The average Bonchev–Trinajstić information content (AvgIpc) is 2.35. The summed E-state index contributed by atoms with van der Waals surface area (Å²) in [5.41, 5.74) is -1.06. The lowest BCUT2D eigenvalue weighted by molar-refractivity contribution is -0.384. The van der Waals surface area contributed by atoms with Crippen molar-refractivity contribution < 1.29 is 27.0 Å². The maximum Gasteiger partial charge on any atom is 0.346 e. The van der Waals surface area contributed by atoms with Gasteiger partial charge in [-0.2, -0.15) is 0 Å². The van der Waals surface area contributed by atoms with Gasteiger partial charge in [0.05, 0.1) is 22.0 Å². The highest BCUT2D eigenvalue weighted by molar-refractivity contribution is 7.97. The van der Waals surface area contributed by atoms with Crippen LogP contribution in [0.25, 0.3) is 0 Å². The second kappa shape index (κ2) is 7.53. The molecular formula is C13H20NO7PS. The molecule has 0 atom stereocenters. The van der Waals surface area contributed by atoms with Gasteiger partial charge in [-0.3, -0.25) is 14.7 Å². The highest BCUT2D eigenvalue weighted by atomic mass is 32.2. The molecule has 1 aromatic rings. The molecule has 0 radical (unpaired) electrons. The molecule has 0 bridgehead atoms. The Balaban J connectivity index is 3.10. The molecule has 23 heavy (non-hydrogen) atoms. The fraction of sp³-hybridized carbons (Fsp3) is 0.538. The molecular weight excluding hydrogens is 345 g/mol. The molecule has 0 N–H and O–H groups in total. The quantitative estimate of drug-likeness (QED) is 0.394. The average molecular weight is 365 g/mol. The molecule has 0 aromatic heterocycles. The fourth-order valence-corrected chi connectivity index (χ4v) is 6.42. The summed E-state index contributed by atoms with van der Waals surface area (Å²) in [6.07, 6.45) is -0.960. The Morgan fingerprint density at radius 2 is 1.52 bits per heavy atom. The fourth-order valence-electron chi connectivity index (χ4n) is 1.79. The van der Waals surface area contributed by atoms with Crippen molar-refractivity contribution in [2.24, 2.45) is 0 Å². The Hall–Kier alpha value is -1.28. The molecule has 0 spiro atoms. The van der Waals surface area contributed by atoms with E-state index in [0.717, 1.165) is 24.3 Å². The van der Waals surface area contributed by atoms with Crippen LogP contribution in [0.15, 0.2) is 29.2 Å². The summed E-state index contributed by atoms with van der Waals surface area (Å²) in [5.74, 6) is 0. The zero-order valence-electron chi connectivity index (χ0n) is 13.3. The third-order valence-electron chi connectivity index (χ3n) is 2.48. The predicted octanol–water partition coefficient (Wildman–Crippen LogP) is 3.37. The molecule has 0 heterocycles. The Morgan fingerprint density at radius 3 is 1.87 bits per heavy atom. The Bertz CT molecular complexity index is 684. The third-order valence-corrected chi connectivity index (χ3v) is 7.58. The highest BCUT2D eigenvalue weighted by Crippen LogP contribution is 2.52. The third kappa shape index (κ3) is 6.02.